The van der Waals surface area contributed by atoms with Crippen molar-refractivity contribution in [1.82, 2.24) is 4.57 Å². The van der Waals surface area contributed by atoms with Crippen LogP contribution in [0.5, 0.6) is 0 Å². The molecule has 0 N–H and O–H groups in total. The molecule has 2 nitrogen and oxygen atoms in total. The third kappa shape index (κ3) is 2.05. The zero-order valence-electron chi connectivity index (χ0n) is 9.53. The van der Waals surface area contributed by atoms with Crippen LogP contribution in [0.4, 0.5) is 0 Å². The quantitative estimate of drug-likeness (QED) is 0.748. The summed E-state index contributed by atoms with van der Waals surface area (Å²) in [7, 11) is 1.75. The number of benzene rings is 1. The molecule has 15 heavy (non-hydrogen) atoms. The lowest BCUT2D eigenvalue weighted by Gasteiger charge is -2.11. The Morgan fingerprint density at radius 1 is 1.33 bits per heavy atom. The molecule has 2 aromatic rings. The SMILES string of the molecule is COC(C)Cn1ccc2cc(C)ccc21. The first-order valence-corrected chi connectivity index (χ1v) is 5.29. The van der Waals surface area contributed by atoms with Crippen LogP contribution in [0.1, 0.15) is 12.5 Å². The Hall–Kier alpha value is -1.28. The highest BCUT2D eigenvalue weighted by Gasteiger charge is 2.04. The summed E-state index contributed by atoms with van der Waals surface area (Å²) in [5.74, 6) is 0. The van der Waals surface area contributed by atoms with Gasteiger partial charge in [0.1, 0.15) is 0 Å². The maximum atomic E-state index is 5.28. The van der Waals surface area contributed by atoms with E-state index in [0.29, 0.717) is 0 Å². The Morgan fingerprint density at radius 2 is 2.13 bits per heavy atom. The molecule has 1 aromatic heterocycles. The summed E-state index contributed by atoms with van der Waals surface area (Å²) in [6.45, 7) is 5.11. The second-order valence-corrected chi connectivity index (χ2v) is 4.08. The molecule has 1 aromatic carbocycles. The van der Waals surface area contributed by atoms with Gasteiger partial charge in [-0.15, -0.1) is 0 Å². The molecule has 1 atom stereocenters. The summed E-state index contributed by atoms with van der Waals surface area (Å²) < 4.78 is 7.51. The number of ether oxygens (including phenoxy) is 1. The lowest BCUT2D eigenvalue weighted by Crippen LogP contribution is -2.13. The van der Waals surface area contributed by atoms with Crippen molar-refractivity contribution in [2.24, 2.45) is 0 Å². The van der Waals surface area contributed by atoms with Gasteiger partial charge in [-0.2, -0.15) is 0 Å². The first-order chi connectivity index (χ1) is 7.20. The molecule has 2 rings (SSSR count). The molecule has 0 amide bonds. The maximum Gasteiger partial charge on any atom is 0.0722 e. The minimum atomic E-state index is 0.252. The van der Waals surface area contributed by atoms with Crippen molar-refractivity contribution >= 4 is 10.9 Å². The number of aryl methyl sites for hydroxylation is 1. The number of fused-ring (bicyclic) bond motifs is 1. The van der Waals surface area contributed by atoms with Crippen LogP contribution < -0.4 is 0 Å². The molecule has 80 valence electrons. The average Bonchev–Trinajstić information content (AvgIpc) is 2.60. The molecule has 0 aliphatic heterocycles. The fraction of sp³-hybridized carbons (Fsp3) is 0.385. The monoisotopic (exact) mass is 203 g/mol. The number of hydrogen-bond donors (Lipinski definition) is 0. The van der Waals surface area contributed by atoms with E-state index in [1.807, 2.05) is 0 Å². The molecule has 0 aliphatic rings. The smallest absolute Gasteiger partial charge is 0.0722 e. The van der Waals surface area contributed by atoms with Gasteiger partial charge >= 0.3 is 0 Å². The normalized spacial score (nSPS) is 13.3. The number of nitrogens with zero attached hydrogens (tertiary/aromatic N) is 1. The molecule has 0 fully saturated rings. The van der Waals surface area contributed by atoms with Crippen molar-refractivity contribution < 1.29 is 4.74 Å². The van der Waals surface area contributed by atoms with E-state index >= 15 is 0 Å². The van der Waals surface area contributed by atoms with E-state index in [9.17, 15) is 0 Å². The predicted molar refractivity (Wildman–Crippen MR) is 63.1 cm³/mol. The largest absolute Gasteiger partial charge is 0.380 e. The van der Waals surface area contributed by atoms with E-state index in [1.54, 1.807) is 7.11 Å². The Kier molecular flexibility index (Phi) is 2.78. The van der Waals surface area contributed by atoms with E-state index in [-0.39, 0.29) is 6.10 Å². The zero-order chi connectivity index (χ0) is 10.8. The van der Waals surface area contributed by atoms with E-state index in [0.717, 1.165) is 6.54 Å². The van der Waals surface area contributed by atoms with Crippen LogP contribution in [0.25, 0.3) is 10.9 Å². The number of rotatable bonds is 3. The molecule has 0 bridgehead atoms. The van der Waals surface area contributed by atoms with Crippen molar-refractivity contribution in [2.45, 2.75) is 26.5 Å². The van der Waals surface area contributed by atoms with Gasteiger partial charge < -0.3 is 9.30 Å². The molecular weight excluding hydrogens is 186 g/mol. The van der Waals surface area contributed by atoms with E-state index < -0.39 is 0 Å². The molecule has 0 saturated heterocycles. The van der Waals surface area contributed by atoms with Gasteiger partial charge in [-0.05, 0) is 37.4 Å². The highest BCUT2D eigenvalue weighted by Crippen LogP contribution is 2.17. The molecule has 0 aliphatic carbocycles. The van der Waals surface area contributed by atoms with Gasteiger partial charge in [0.25, 0.3) is 0 Å². The second-order valence-electron chi connectivity index (χ2n) is 4.08. The first-order valence-electron chi connectivity index (χ1n) is 5.29. The number of methoxy groups -OCH3 is 1. The van der Waals surface area contributed by atoms with E-state index in [4.69, 9.17) is 4.74 Å². The Morgan fingerprint density at radius 3 is 2.87 bits per heavy atom. The van der Waals surface area contributed by atoms with Crippen LogP contribution in [0.15, 0.2) is 30.5 Å². The molecule has 0 radical (unpaired) electrons. The Bertz CT molecular complexity index is 459. The van der Waals surface area contributed by atoms with Crippen LogP contribution >= 0.6 is 0 Å². The summed E-state index contributed by atoms with van der Waals surface area (Å²) >= 11 is 0. The fourth-order valence-corrected chi connectivity index (χ4v) is 1.83. The van der Waals surface area contributed by atoms with E-state index in [2.05, 4.69) is 48.9 Å². The maximum absolute atomic E-state index is 5.28. The van der Waals surface area contributed by atoms with Crippen LogP contribution in [0, 0.1) is 6.92 Å². The van der Waals surface area contributed by atoms with Crippen LogP contribution in [-0.2, 0) is 11.3 Å². The standard InChI is InChI=1S/C13H17NO/c1-10-4-5-13-12(8-10)6-7-14(13)9-11(2)15-3/h4-8,11H,9H2,1-3H3. The van der Waals surface area contributed by atoms with Gasteiger partial charge in [-0.1, -0.05) is 11.6 Å². The Labute approximate surface area is 90.5 Å². The minimum absolute atomic E-state index is 0.252. The van der Waals surface area contributed by atoms with Crippen LogP contribution in [0.2, 0.25) is 0 Å². The van der Waals surface area contributed by atoms with Gasteiger partial charge in [0, 0.05) is 25.4 Å². The number of aromatic nitrogens is 1. The minimum Gasteiger partial charge on any atom is -0.380 e. The molecule has 0 spiro atoms. The average molecular weight is 203 g/mol. The predicted octanol–water partition coefficient (Wildman–Crippen LogP) is 2.98. The topological polar surface area (TPSA) is 14.2 Å². The van der Waals surface area contributed by atoms with Gasteiger partial charge in [0.05, 0.1) is 6.10 Å². The van der Waals surface area contributed by atoms with Crippen molar-refractivity contribution in [3.63, 3.8) is 0 Å². The summed E-state index contributed by atoms with van der Waals surface area (Å²) in [5, 5.41) is 1.30. The third-order valence-electron chi connectivity index (χ3n) is 2.78. The van der Waals surface area contributed by atoms with Crippen molar-refractivity contribution in [3.05, 3.63) is 36.0 Å². The number of hydrogen-bond acceptors (Lipinski definition) is 1. The second kappa shape index (κ2) is 4.07. The van der Waals surface area contributed by atoms with Crippen molar-refractivity contribution in [2.75, 3.05) is 7.11 Å². The summed E-state index contributed by atoms with van der Waals surface area (Å²) in [6.07, 6.45) is 2.38. The highest BCUT2D eigenvalue weighted by atomic mass is 16.5. The van der Waals surface area contributed by atoms with Crippen molar-refractivity contribution in [1.29, 1.82) is 0 Å². The fourth-order valence-electron chi connectivity index (χ4n) is 1.83. The summed E-state index contributed by atoms with van der Waals surface area (Å²) in [6, 6.07) is 8.69. The third-order valence-corrected chi connectivity index (χ3v) is 2.78. The van der Waals surface area contributed by atoms with E-state index in [1.165, 1.54) is 16.5 Å². The lowest BCUT2D eigenvalue weighted by atomic mass is 10.2. The molecule has 2 heteroatoms. The molecule has 1 heterocycles. The molecule has 1 unspecified atom stereocenters. The Balaban J connectivity index is 2.36. The first kappa shape index (κ1) is 10.2. The van der Waals surface area contributed by atoms with Crippen LogP contribution in [0.3, 0.4) is 0 Å². The zero-order valence-corrected chi connectivity index (χ0v) is 9.53. The molecular formula is C13H17NO. The lowest BCUT2D eigenvalue weighted by molar-refractivity contribution is 0.104. The van der Waals surface area contributed by atoms with Crippen molar-refractivity contribution in [3.8, 4) is 0 Å². The highest BCUT2D eigenvalue weighted by molar-refractivity contribution is 5.80. The van der Waals surface area contributed by atoms with Crippen LogP contribution in [-0.4, -0.2) is 17.8 Å². The van der Waals surface area contributed by atoms with Gasteiger partial charge in [0.2, 0.25) is 0 Å². The molecule has 0 saturated carbocycles. The summed E-state index contributed by atoms with van der Waals surface area (Å²) in [4.78, 5) is 0. The van der Waals surface area contributed by atoms with Gasteiger partial charge in [-0.3, -0.25) is 0 Å². The van der Waals surface area contributed by atoms with Gasteiger partial charge in [0.15, 0.2) is 0 Å². The summed E-state index contributed by atoms with van der Waals surface area (Å²) in [5.41, 5.74) is 2.59. The van der Waals surface area contributed by atoms with Gasteiger partial charge in [-0.25, -0.2) is 0 Å².